The van der Waals surface area contributed by atoms with Gasteiger partial charge in [0.2, 0.25) is 0 Å². The minimum Gasteiger partial charge on any atom is -0.348 e. The summed E-state index contributed by atoms with van der Waals surface area (Å²) < 4.78 is 0. The van der Waals surface area contributed by atoms with Crippen LogP contribution in [0.4, 0.5) is 5.82 Å². The summed E-state index contributed by atoms with van der Waals surface area (Å²) in [5.41, 5.74) is 2.29. The summed E-state index contributed by atoms with van der Waals surface area (Å²) in [6.45, 7) is 7.49. The van der Waals surface area contributed by atoms with Gasteiger partial charge in [0.05, 0.1) is 5.69 Å². The van der Waals surface area contributed by atoms with Crippen molar-refractivity contribution in [2.45, 2.75) is 25.3 Å². The molecule has 1 atom stereocenters. The van der Waals surface area contributed by atoms with Crippen LogP contribution in [-0.4, -0.2) is 34.6 Å². The van der Waals surface area contributed by atoms with Gasteiger partial charge >= 0.3 is 0 Å². The number of pyridine rings is 1. The molecule has 1 aliphatic rings. The van der Waals surface area contributed by atoms with Crippen LogP contribution in [0.3, 0.4) is 0 Å². The highest BCUT2D eigenvalue weighted by atomic mass is 15.2. The highest BCUT2D eigenvalue weighted by Crippen LogP contribution is 2.24. The van der Waals surface area contributed by atoms with E-state index in [1.54, 1.807) is 12.5 Å². The van der Waals surface area contributed by atoms with Gasteiger partial charge in [0.15, 0.2) is 0 Å². The van der Waals surface area contributed by atoms with E-state index >= 15 is 0 Å². The lowest BCUT2D eigenvalue weighted by molar-refractivity contribution is 0.454. The van der Waals surface area contributed by atoms with E-state index in [1.165, 1.54) is 12.8 Å². The molecule has 0 amide bonds. The minimum atomic E-state index is 0.481. The van der Waals surface area contributed by atoms with Gasteiger partial charge in [-0.2, -0.15) is 0 Å². The zero-order valence-corrected chi connectivity index (χ0v) is 13.4. The Kier molecular flexibility index (Phi) is 5.32. The molecule has 0 aromatic carbocycles. The SMILES string of the molecule is C=CCN(Cc1cccnc1)c1cc([C@@H]2CCCNC2)ncn1. The van der Waals surface area contributed by atoms with Crippen molar-refractivity contribution in [3.8, 4) is 0 Å². The monoisotopic (exact) mass is 309 g/mol. The van der Waals surface area contributed by atoms with Gasteiger partial charge in [0.25, 0.3) is 0 Å². The highest BCUT2D eigenvalue weighted by Gasteiger charge is 2.18. The van der Waals surface area contributed by atoms with E-state index < -0.39 is 0 Å². The third-order valence-electron chi connectivity index (χ3n) is 4.16. The fraction of sp³-hybridized carbons (Fsp3) is 0.389. The molecule has 5 nitrogen and oxygen atoms in total. The van der Waals surface area contributed by atoms with Crippen LogP contribution in [0.25, 0.3) is 0 Å². The molecule has 0 spiro atoms. The topological polar surface area (TPSA) is 53.9 Å². The fourth-order valence-electron chi connectivity index (χ4n) is 2.97. The van der Waals surface area contributed by atoms with E-state index in [-0.39, 0.29) is 0 Å². The Morgan fingerprint density at radius 3 is 3.09 bits per heavy atom. The zero-order valence-electron chi connectivity index (χ0n) is 13.4. The first-order valence-corrected chi connectivity index (χ1v) is 8.14. The van der Waals surface area contributed by atoms with Crippen molar-refractivity contribution in [3.63, 3.8) is 0 Å². The molecule has 3 rings (SSSR count). The zero-order chi connectivity index (χ0) is 15.9. The van der Waals surface area contributed by atoms with Crippen molar-refractivity contribution in [1.29, 1.82) is 0 Å². The summed E-state index contributed by atoms with van der Waals surface area (Å²) in [6, 6.07) is 6.16. The Morgan fingerprint density at radius 1 is 1.39 bits per heavy atom. The van der Waals surface area contributed by atoms with Crippen LogP contribution in [0.5, 0.6) is 0 Å². The number of hydrogen-bond acceptors (Lipinski definition) is 5. The lowest BCUT2D eigenvalue weighted by Gasteiger charge is -2.25. The van der Waals surface area contributed by atoms with Gasteiger partial charge in [-0.05, 0) is 31.0 Å². The van der Waals surface area contributed by atoms with Crippen molar-refractivity contribution in [3.05, 3.63) is 60.8 Å². The van der Waals surface area contributed by atoms with Crippen LogP contribution in [0.1, 0.15) is 30.0 Å². The number of nitrogens with one attached hydrogen (secondary N) is 1. The highest BCUT2D eigenvalue weighted by molar-refractivity contribution is 5.41. The molecule has 1 aliphatic heterocycles. The van der Waals surface area contributed by atoms with Crippen molar-refractivity contribution in [2.75, 3.05) is 24.5 Å². The molecule has 5 heteroatoms. The molecule has 23 heavy (non-hydrogen) atoms. The predicted molar refractivity (Wildman–Crippen MR) is 92.4 cm³/mol. The summed E-state index contributed by atoms with van der Waals surface area (Å²) in [7, 11) is 0. The number of hydrogen-bond donors (Lipinski definition) is 1. The van der Waals surface area contributed by atoms with Gasteiger partial charge in [-0.15, -0.1) is 6.58 Å². The second kappa shape index (κ2) is 7.83. The van der Waals surface area contributed by atoms with Crippen LogP contribution in [-0.2, 0) is 6.54 Å². The second-order valence-corrected chi connectivity index (χ2v) is 5.87. The molecule has 3 heterocycles. The Labute approximate surface area is 137 Å². The molecular weight excluding hydrogens is 286 g/mol. The van der Waals surface area contributed by atoms with Crippen molar-refractivity contribution < 1.29 is 0 Å². The fourth-order valence-corrected chi connectivity index (χ4v) is 2.97. The van der Waals surface area contributed by atoms with Crippen LogP contribution in [0, 0.1) is 0 Å². The van der Waals surface area contributed by atoms with Gasteiger partial charge in [-0.1, -0.05) is 12.1 Å². The summed E-state index contributed by atoms with van der Waals surface area (Å²) >= 11 is 0. The molecule has 0 radical (unpaired) electrons. The molecule has 2 aromatic rings. The number of anilines is 1. The third kappa shape index (κ3) is 4.13. The van der Waals surface area contributed by atoms with Crippen molar-refractivity contribution in [1.82, 2.24) is 20.3 Å². The van der Waals surface area contributed by atoms with E-state index in [0.29, 0.717) is 5.92 Å². The van der Waals surface area contributed by atoms with Gasteiger partial charge in [-0.3, -0.25) is 4.98 Å². The van der Waals surface area contributed by atoms with Gasteiger partial charge in [0.1, 0.15) is 12.1 Å². The molecule has 0 saturated carbocycles. The number of rotatable bonds is 6. The summed E-state index contributed by atoms with van der Waals surface area (Å²) in [4.78, 5) is 15.4. The van der Waals surface area contributed by atoms with E-state index in [2.05, 4.69) is 43.9 Å². The first-order valence-electron chi connectivity index (χ1n) is 8.14. The maximum absolute atomic E-state index is 4.50. The Hall–Kier alpha value is -2.27. The molecule has 2 aromatic heterocycles. The van der Waals surface area contributed by atoms with Gasteiger partial charge in [0, 0.05) is 44.0 Å². The van der Waals surface area contributed by atoms with Crippen LogP contribution < -0.4 is 10.2 Å². The van der Waals surface area contributed by atoms with Crippen LogP contribution in [0.15, 0.2) is 49.6 Å². The van der Waals surface area contributed by atoms with Crippen LogP contribution in [0.2, 0.25) is 0 Å². The average molecular weight is 309 g/mol. The van der Waals surface area contributed by atoms with Crippen LogP contribution >= 0.6 is 0 Å². The van der Waals surface area contributed by atoms with E-state index in [0.717, 1.165) is 43.3 Å². The Bertz CT molecular complexity index is 622. The number of nitrogens with zero attached hydrogens (tertiary/aromatic N) is 4. The summed E-state index contributed by atoms with van der Waals surface area (Å²) in [5, 5.41) is 3.45. The first-order chi connectivity index (χ1) is 11.4. The number of aromatic nitrogens is 3. The second-order valence-electron chi connectivity index (χ2n) is 5.87. The third-order valence-corrected chi connectivity index (χ3v) is 4.16. The summed E-state index contributed by atoms with van der Waals surface area (Å²) in [6.07, 6.45) is 9.66. The maximum atomic E-state index is 4.50. The molecule has 0 unspecified atom stereocenters. The smallest absolute Gasteiger partial charge is 0.132 e. The number of piperidine rings is 1. The van der Waals surface area contributed by atoms with Crippen molar-refractivity contribution in [2.24, 2.45) is 0 Å². The molecular formula is C18H23N5. The normalized spacial score (nSPS) is 17.7. The Morgan fingerprint density at radius 2 is 2.35 bits per heavy atom. The maximum Gasteiger partial charge on any atom is 0.132 e. The molecule has 0 bridgehead atoms. The molecule has 1 fully saturated rings. The van der Waals surface area contributed by atoms with Gasteiger partial charge in [-0.25, -0.2) is 9.97 Å². The largest absolute Gasteiger partial charge is 0.348 e. The average Bonchev–Trinajstić information content (AvgIpc) is 2.63. The van der Waals surface area contributed by atoms with Gasteiger partial charge < -0.3 is 10.2 Å². The Balaban J connectivity index is 1.80. The molecule has 1 N–H and O–H groups in total. The first kappa shape index (κ1) is 15.6. The molecule has 0 aliphatic carbocycles. The lowest BCUT2D eigenvalue weighted by atomic mass is 9.96. The van der Waals surface area contributed by atoms with E-state index in [9.17, 15) is 0 Å². The molecule has 120 valence electrons. The van der Waals surface area contributed by atoms with Crippen molar-refractivity contribution >= 4 is 5.82 Å². The standard InChI is InChI=1S/C18H23N5/c1-2-9-23(13-15-5-3-7-19-11-15)18-10-17(21-14-22-18)16-6-4-8-20-12-16/h2-3,5,7,10-11,14,16,20H,1,4,6,8-9,12-13H2/t16-/m1/s1. The quantitative estimate of drug-likeness (QED) is 0.831. The van der Waals surface area contributed by atoms with E-state index in [4.69, 9.17) is 0 Å². The lowest BCUT2D eigenvalue weighted by Crippen LogP contribution is -2.29. The van der Waals surface area contributed by atoms with E-state index in [1.807, 2.05) is 18.3 Å². The summed E-state index contributed by atoms with van der Waals surface area (Å²) in [5.74, 6) is 1.43. The minimum absolute atomic E-state index is 0.481. The molecule has 1 saturated heterocycles. The predicted octanol–water partition coefficient (Wildman–Crippen LogP) is 2.53.